The zero-order valence-corrected chi connectivity index (χ0v) is 7.58. The molecule has 1 atom stereocenters. The first-order valence-electron chi connectivity index (χ1n) is 3.97. The molecule has 0 heterocycles. The lowest BCUT2D eigenvalue weighted by Crippen LogP contribution is -2.18. The van der Waals surface area contributed by atoms with Crippen LogP contribution in [0.3, 0.4) is 0 Å². The molecule has 0 unspecified atom stereocenters. The van der Waals surface area contributed by atoms with Crippen molar-refractivity contribution in [2.75, 3.05) is 7.11 Å². The van der Waals surface area contributed by atoms with E-state index in [2.05, 4.69) is 0 Å². The number of benzene rings is 1. The highest BCUT2D eigenvalue weighted by atomic mass is 19.3. The first-order chi connectivity index (χ1) is 6.56. The summed E-state index contributed by atoms with van der Waals surface area (Å²) in [7, 11) is 1.42. The molecule has 0 aliphatic rings. The number of hydrogen-bond acceptors (Lipinski definition) is 3. The molecule has 0 saturated carbocycles. The Hall–Kier alpha value is -1.36. The van der Waals surface area contributed by atoms with Crippen LogP contribution in [0.15, 0.2) is 18.2 Å². The van der Waals surface area contributed by atoms with Gasteiger partial charge < -0.3 is 15.6 Å². The standard InChI is InChI=1S/C9H11F2NO2/c1-14-5-2-3-6(7(13)4-5)8(12)9(10)11/h2-4,8-9,13H,12H2,1H3/t8-/m0/s1. The average molecular weight is 203 g/mol. The third-order valence-corrected chi connectivity index (χ3v) is 1.87. The number of aromatic hydroxyl groups is 1. The highest BCUT2D eigenvalue weighted by Crippen LogP contribution is 2.29. The van der Waals surface area contributed by atoms with E-state index in [0.29, 0.717) is 5.75 Å². The molecule has 0 aliphatic heterocycles. The molecule has 78 valence electrons. The monoisotopic (exact) mass is 203 g/mol. The summed E-state index contributed by atoms with van der Waals surface area (Å²) in [6.07, 6.45) is -2.70. The Morgan fingerprint density at radius 2 is 2.07 bits per heavy atom. The third-order valence-electron chi connectivity index (χ3n) is 1.87. The summed E-state index contributed by atoms with van der Waals surface area (Å²) in [5.74, 6) is 0.116. The number of phenolic OH excluding ortho intramolecular Hbond substituents is 1. The molecule has 3 N–H and O–H groups in total. The molecule has 14 heavy (non-hydrogen) atoms. The summed E-state index contributed by atoms with van der Waals surface area (Å²) in [6, 6.07) is 2.57. The van der Waals surface area contributed by atoms with Crippen LogP contribution in [0.25, 0.3) is 0 Å². The number of halogens is 2. The van der Waals surface area contributed by atoms with Gasteiger partial charge in [-0.15, -0.1) is 0 Å². The minimum Gasteiger partial charge on any atom is -0.507 e. The average Bonchev–Trinajstić information content (AvgIpc) is 2.16. The van der Waals surface area contributed by atoms with Gasteiger partial charge in [0.15, 0.2) is 0 Å². The maximum Gasteiger partial charge on any atom is 0.257 e. The van der Waals surface area contributed by atoms with Crippen molar-refractivity contribution < 1.29 is 18.6 Å². The fraction of sp³-hybridized carbons (Fsp3) is 0.333. The van der Waals surface area contributed by atoms with Gasteiger partial charge in [0.2, 0.25) is 0 Å². The molecular formula is C9H11F2NO2. The Balaban J connectivity index is 2.99. The van der Waals surface area contributed by atoms with Crippen LogP contribution < -0.4 is 10.5 Å². The summed E-state index contributed by atoms with van der Waals surface area (Å²) < 4.78 is 29.2. The lowest BCUT2D eigenvalue weighted by molar-refractivity contribution is 0.115. The number of methoxy groups -OCH3 is 1. The van der Waals surface area contributed by atoms with Gasteiger partial charge in [0, 0.05) is 11.6 Å². The minimum absolute atomic E-state index is 0.0146. The Bertz CT molecular complexity index is 318. The molecule has 5 heteroatoms. The van der Waals surface area contributed by atoms with Gasteiger partial charge in [-0.05, 0) is 12.1 Å². The van der Waals surface area contributed by atoms with Gasteiger partial charge in [0.25, 0.3) is 6.43 Å². The zero-order valence-electron chi connectivity index (χ0n) is 7.58. The van der Waals surface area contributed by atoms with Crippen LogP contribution in [-0.4, -0.2) is 18.6 Å². The van der Waals surface area contributed by atoms with Crippen LogP contribution in [0.2, 0.25) is 0 Å². The van der Waals surface area contributed by atoms with E-state index in [1.54, 1.807) is 0 Å². The van der Waals surface area contributed by atoms with Crippen molar-refractivity contribution in [3.05, 3.63) is 23.8 Å². The Morgan fingerprint density at radius 3 is 2.50 bits per heavy atom. The van der Waals surface area contributed by atoms with E-state index in [1.165, 1.54) is 25.3 Å². The van der Waals surface area contributed by atoms with Crippen molar-refractivity contribution in [2.45, 2.75) is 12.5 Å². The fourth-order valence-electron chi connectivity index (χ4n) is 1.07. The van der Waals surface area contributed by atoms with Crippen LogP contribution in [-0.2, 0) is 0 Å². The lowest BCUT2D eigenvalue weighted by atomic mass is 10.1. The van der Waals surface area contributed by atoms with E-state index >= 15 is 0 Å². The quantitative estimate of drug-likeness (QED) is 0.785. The number of alkyl halides is 2. The molecule has 0 bridgehead atoms. The van der Waals surface area contributed by atoms with Gasteiger partial charge in [-0.1, -0.05) is 0 Å². The number of ether oxygens (including phenoxy) is 1. The molecule has 0 amide bonds. The molecule has 1 aromatic carbocycles. The number of hydrogen-bond donors (Lipinski definition) is 2. The molecule has 1 rings (SSSR count). The second kappa shape index (κ2) is 4.23. The molecule has 0 spiro atoms. The molecule has 3 nitrogen and oxygen atoms in total. The van der Waals surface area contributed by atoms with Gasteiger partial charge in [-0.3, -0.25) is 0 Å². The molecular weight excluding hydrogens is 192 g/mol. The normalized spacial score (nSPS) is 12.9. The predicted molar refractivity (Wildman–Crippen MR) is 47.6 cm³/mol. The molecule has 0 saturated heterocycles. The maximum atomic E-state index is 12.2. The van der Waals surface area contributed by atoms with Gasteiger partial charge in [-0.25, -0.2) is 8.78 Å². The smallest absolute Gasteiger partial charge is 0.257 e. The van der Waals surface area contributed by atoms with Crippen LogP contribution in [0, 0.1) is 0 Å². The van der Waals surface area contributed by atoms with Gasteiger partial charge >= 0.3 is 0 Å². The first kappa shape index (κ1) is 10.7. The van der Waals surface area contributed by atoms with Crippen LogP contribution >= 0.6 is 0 Å². The Labute approximate surface area is 80.1 Å². The fourth-order valence-corrected chi connectivity index (χ4v) is 1.07. The summed E-state index contributed by atoms with van der Waals surface area (Å²) in [6.45, 7) is 0. The van der Waals surface area contributed by atoms with Crippen LogP contribution in [0.4, 0.5) is 8.78 Å². The first-order valence-corrected chi connectivity index (χ1v) is 3.97. The largest absolute Gasteiger partial charge is 0.507 e. The number of rotatable bonds is 3. The van der Waals surface area contributed by atoms with Gasteiger partial charge in [0.1, 0.15) is 11.5 Å². The second-order valence-corrected chi connectivity index (χ2v) is 2.78. The summed E-state index contributed by atoms with van der Waals surface area (Å²) in [4.78, 5) is 0. The zero-order chi connectivity index (χ0) is 10.7. The molecule has 0 fully saturated rings. The molecule has 0 aliphatic carbocycles. The van der Waals surface area contributed by atoms with E-state index < -0.39 is 12.5 Å². The number of nitrogens with two attached hydrogens (primary N) is 1. The SMILES string of the molecule is COc1ccc([C@H](N)C(F)F)c(O)c1. The van der Waals surface area contributed by atoms with Crippen molar-refractivity contribution in [1.29, 1.82) is 0 Å². The van der Waals surface area contributed by atoms with E-state index in [9.17, 15) is 13.9 Å². The lowest BCUT2D eigenvalue weighted by Gasteiger charge is -2.13. The highest BCUT2D eigenvalue weighted by molar-refractivity contribution is 5.41. The molecule has 0 radical (unpaired) electrons. The highest BCUT2D eigenvalue weighted by Gasteiger charge is 2.20. The van der Waals surface area contributed by atoms with Crippen LogP contribution in [0.5, 0.6) is 11.5 Å². The van der Waals surface area contributed by atoms with Gasteiger partial charge in [0.05, 0.1) is 13.2 Å². The van der Waals surface area contributed by atoms with Crippen molar-refractivity contribution in [1.82, 2.24) is 0 Å². The van der Waals surface area contributed by atoms with Gasteiger partial charge in [-0.2, -0.15) is 0 Å². The summed E-state index contributed by atoms with van der Waals surface area (Å²) in [5, 5.41) is 9.35. The van der Waals surface area contributed by atoms with Crippen LogP contribution in [0.1, 0.15) is 11.6 Å². The molecule has 1 aromatic rings. The van der Waals surface area contributed by atoms with Crippen molar-refractivity contribution in [2.24, 2.45) is 5.73 Å². The molecule has 0 aromatic heterocycles. The predicted octanol–water partition coefficient (Wildman–Crippen LogP) is 1.67. The Morgan fingerprint density at radius 1 is 1.43 bits per heavy atom. The Kier molecular flexibility index (Phi) is 3.24. The summed E-state index contributed by atoms with van der Waals surface area (Å²) in [5.41, 5.74) is 5.19. The van der Waals surface area contributed by atoms with Crippen molar-refractivity contribution >= 4 is 0 Å². The second-order valence-electron chi connectivity index (χ2n) is 2.78. The third kappa shape index (κ3) is 2.11. The number of phenols is 1. The van der Waals surface area contributed by atoms with Crippen molar-refractivity contribution in [3.63, 3.8) is 0 Å². The topological polar surface area (TPSA) is 55.5 Å². The van der Waals surface area contributed by atoms with E-state index in [-0.39, 0.29) is 11.3 Å². The van der Waals surface area contributed by atoms with E-state index in [0.717, 1.165) is 0 Å². The van der Waals surface area contributed by atoms with Crippen molar-refractivity contribution in [3.8, 4) is 11.5 Å². The van der Waals surface area contributed by atoms with E-state index in [4.69, 9.17) is 10.5 Å². The minimum atomic E-state index is -2.70. The summed E-state index contributed by atoms with van der Waals surface area (Å²) >= 11 is 0. The van der Waals surface area contributed by atoms with E-state index in [1.807, 2.05) is 0 Å². The maximum absolute atomic E-state index is 12.2.